The number of hydrogen-bond donors (Lipinski definition) is 1. The number of likely N-dealkylation sites (N-methyl/N-ethyl adjacent to an activating group) is 1. The van der Waals surface area contributed by atoms with E-state index in [9.17, 15) is 14.0 Å². The second kappa shape index (κ2) is 10.1. The molecule has 2 aromatic rings. The monoisotopic (exact) mass is 370 g/mol. The maximum Gasteiger partial charge on any atom is 0.247 e. The van der Waals surface area contributed by atoms with Crippen molar-refractivity contribution in [3.63, 3.8) is 0 Å². The van der Waals surface area contributed by atoms with Crippen LogP contribution in [0.1, 0.15) is 18.1 Å². The van der Waals surface area contributed by atoms with Gasteiger partial charge in [-0.1, -0.05) is 24.3 Å². The highest BCUT2D eigenvalue weighted by molar-refractivity contribution is 5.94. The number of carbonyl (C=O) groups excluding carboxylic acids is 2. The highest BCUT2D eigenvalue weighted by atomic mass is 19.1. The van der Waals surface area contributed by atoms with Gasteiger partial charge in [0.1, 0.15) is 11.6 Å². The molecule has 2 amide bonds. The van der Waals surface area contributed by atoms with Gasteiger partial charge in [0.15, 0.2) is 0 Å². The predicted molar refractivity (Wildman–Crippen MR) is 103 cm³/mol. The van der Waals surface area contributed by atoms with Crippen LogP contribution in [0.3, 0.4) is 0 Å². The zero-order chi connectivity index (χ0) is 19.6. The van der Waals surface area contributed by atoms with Crippen molar-refractivity contribution in [1.29, 1.82) is 0 Å². The molecule has 27 heavy (non-hydrogen) atoms. The molecular formula is C21H23FN2O3. The molecule has 0 aromatic heterocycles. The molecule has 0 saturated carbocycles. The zero-order valence-corrected chi connectivity index (χ0v) is 15.4. The van der Waals surface area contributed by atoms with E-state index >= 15 is 0 Å². The van der Waals surface area contributed by atoms with Gasteiger partial charge in [-0.05, 0) is 48.4 Å². The number of ether oxygens (including phenoxy) is 1. The number of nitrogens with zero attached hydrogens (tertiary/aromatic N) is 1. The van der Waals surface area contributed by atoms with Gasteiger partial charge in [0, 0.05) is 19.2 Å². The van der Waals surface area contributed by atoms with Crippen LogP contribution in [0.4, 0.5) is 4.39 Å². The summed E-state index contributed by atoms with van der Waals surface area (Å²) < 4.78 is 18.0. The van der Waals surface area contributed by atoms with Gasteiger partial charge < -0.3 is 15.0 Å². The summed E-state index contributed by atoms with van der Waals surface area (Å²) in [7, 11) is 1.58. The highest BCUT2D eigenvalue weighted by Crippen LogP contribution is 2.13. The van der Waals surface area contributed by atoms with Crippen molar-refractivity contribution in [2.75, 3.05) is 20.2 Å². The minimum Gasteiger partial charge on any atom is -0.497 e. The van der Waals surface area contributed by atoms with Crippen molar-refractivity contribution in [2.24, 2.45) is 0 Å². The zero-order valence-electron chi connectivity index (χ0n) is 15.4. The van der Waals surface area contributed by atoms with E-state index in [4.69, 9.17) is 4.74 Å². The molecule has 0 spiro atoms. The highest BCUT2D eigenvalue weighted by Gasteiger charge is 2.13. The molecule has 0 bridgehead atoms. The lowest BCUT2D eigenvalue weighted by atomic mass is 10.2. The molecule has 5 nitrogen and oxygen atoms in total. The maximum atomic E-state index is 12.9. The maximum absolute atomic E-state index is 12.9. The van der Waals surface area contributed by atoms with Gasteiger partial charge in [0.05, 0.1) is 13.7 Å². The molecule has 2 rings (SSSR count). The van der Waals surface area contributed by atoms with Gasteiger partial charge in [-0.2, -0.15) is 0 Å². The minimum atomic E-state index is -0.323. The molecule has 0 fully saturated rings. The Bertz CT molecular complexity index is 803. The Morgan fingerprint density at radius 1 is 1.19 bits per heavy atom. The quantitative estimate of drug-likeness (QED) is 0.727. The summed E-state index contributed by atoms with van der Waals surface area (Å²) in [5.41, 5.74) is 1.62. The lowest BCUT2D eigenvalue weighted by Gasteiger charge is -2.18. The average molecular weight is 370 g/mol. The molecule has 0 saturated heterocycles. The third kappa shape index (κ3) is 6.58. The van der Waals surface area contributed by atoms with Crippen LogP contribution in [0.15, 0.2) is 54.6 Å². The van der Waals surface area contributed by atoms with E-state index in [0.29, 0.717) is 12.3 Å². The van der Waals surface area contributed by atoms with Crippen LogP contribution in [-0.2, 0) is 16.1 Å². The largest absolute Gasteiger partial charge is 0.497 e. The Balaban J connectivity index is 1.88. The first-order valence-electron chi connectivity index (χ1n) is 8.64. The molecule has 0 aliphatic rings. The topological polar surface area (TPSA) is 58.6 Å². The molecule has 0 heterocycles. The fourth-order valence-corrected chi connectivity index (χ4v) is 2.40. The van der Waals surface area contributed by atoms with Crippen LogP contribution < -0.4 is 10.1 Å². The van der Waals surface area contributed by atoms with Crippen LogP contribution in [-0.4, -0.2) is 36.9 Å². The molecule has 6 heteroatoms. The average Bonchev–Trinajstić information content (AvgIpc) is 2.70. The summed E-state index contributed by atoms with van der Waals surface area (Å²) in [4.78, 5) is 25.9. The SMILES string of the molecule is CCN(CC(=O)NCc1ccc(F)cc1)C(=O)C=Cc1cccc(OC)c1. The summed E-state index contributed by atoms with van der Waals surface area (Å²) in [5, 5.41) is 2.73. The molecule has 2 aromatic carbocycles. The van der Waals surface area contributed by atoms with E-state index in [1.165, 1.54) is 23.1 Å². The number of hydrogen-bond acceptors (Lipinski definition) is 3. The first-order valence-corrected chi connectivity index (χ1v) is 8.64. The number of methoxy groups -OCH3 is 1. The van der Waals surface area contributed by atoms with Gasteiger partial charge in [0.2, 0.25) is 11.8 Å². The number of halogens is 1. The predicted octanol–water partition coefficient (Wildman–Crippen LogP) is 3.01. The van der Waals surface area contributed by atoms with E-state index in [1.807, 2.05) is 31.2 Å². The smallest absolute Gasteiger partial charge is 0.247 e. The molecule has 142 valence electrons. The van der Waals surface area contributed by atoms with Crippen molar-refractivity contribution in [2.45, 2.75) is 13.5 Å². The Hall–Kier alpha value is -3.15. The first kappa shape index (κ1) is 20.2. The lowest BCUT2D eigenvalue weighted by molar-refractivity contribution is -0.132. The Labute approximate surface area is 158 Å². The molecule has 0 radical (unpaired) electrons. The summed E-state index contributed by atoms with van der Waals surface area (Å²) >= 11 is 0. The van der Waals surface area contributed by atoms with Crippen LogP contribution in [0.2, 0.25) is 0 Å². The first-order chi connectivity index (χ1) is 13.0. The standard InChI is InChI=1S/C21H23FN2O3/c1-3-24(15-20(25)23-14-17-7-10-18(22)11-8-17)21(26)12-9-16-5-4-6-19(13-16)27-2/h4-13H,3,14-15H2,1-2H3,(H,23,25). The number of benzene rings is 2. The second-order valence-electron chi connectivity index (χ2n) is 5.87. The number of nitrogens with one attached hydrogen (secondary N) is 1. The van der Waals surface area contributed by atoms with Crippen molar-refractivity contribution in [3.05, 3.63) is 71.6 Å². The Morgan fingerprint density at radius 2 is 1.93 bits per heavy atom. The lowest BCUT2D eigenvalue weighted by Crippen LogP contribution is -2.39. The van der Waals surface area contributed by atoms with Crippen molar-refractivity contribution in [1.82, 2.24) is 10.2 Å². The third-order valence-electron chi connectivity index (χ3n) is 3.94. The van der Waals surface area contributed by atoms with E-state index in [-0.39, 0.29) is 30.7 Å². The Kier molecular flexibility index (Phi) is 7.55. The van der Waals surface area contributed by atoms with Crippen LogP contribution in [0, 0.1) is 5.82 Å². The summed E-state index contributed by atoms with van der Waals surface area (Å²) in [6, 6.07) is 13.2. The van der Waals surface area contributed by atoms with Gasteiger partial charge in [-0.25, -0.2) is 4.39 Å². The number of rotatable bonds is 8. The minimum absolute atomic E-state index is 0.0427. The van der Waals surface area contributed by atoms with Crippen molar-refractivity contribution in [3.8, 4) is 5.75 Å². The van der Waals surface area contributed by atoms with Crippen molar-refractivity contribution < 1.29 is 18.7 Å². The second-order valence-corrected chi connectivity index (χ2v) is 5.87. The molecule has 0 unspecified atom stereocenters. The van der Waals surface area contributed by atoms with Gasteiger partial charge in [-0.15, -0.1) is 0 Å². The van der Waals surface area contributed by atoms with Crippen LogP contribution in [0.25, 0.3) is 6.08 Å². The van der Waals surface area contributed by atoms with Crippen molar-refractivity contribution >= 4 is 17.9 Å². The van der Waals surface area contributed by atoms with Gasteiger partial charge in [-0.3, -0.25) is 9.59 Å². The fraction of sp³-hybridized carbons (Fsp3) is 0.238. The van der Waals surface area contributed by atoms with E-state index in [0.717, 1.165) is 11.1 Å². The third-order valence-corrected chi connectivity index (χ3v) is 3.94. The molecular weight excluding hydrogens is 347 g/mol. The molecule has 0 aliphatic heterocycles. The summed E-state index contributed by atoms with van der Waals surface area (Å²) in [5.74, 6) is -0.144. The summed E-state index contributed by atoms with van der Waals surface area (Å²) in [6.45, 7) is 2.46. The van der Waals surface area contributed by atoms with Crippen LogP contribution in [0.5, 0.6) is 5.75 Å². The molecule has 1 N–H and O–H groups in total. The fourth-order valence-electron chi connectivity index (χ4n) is 2.40. The Morgan fingerprint density at radius 3 is 2.59 bits per heavy atom. The van der Waals surface area contributed by atoms with Gasteiger partial charge >= 0.3 is 0 Å². The molecule has 0 aliphatic carbocycles. The van der Waals surface area contributed by atoms with Gasteiger partial charge in [0.25, 0.3) is 0 Å². The number of amides is 2. The van der Waals surface area contributed by atoms with E-state index in [1.54, 1.807) is 25.3 Å². The summed E-state index contributed by atoms with van der Waals surface area (Å²) in [6.07, 6.45) is 3.12. The van der Waals surface area contributed by atoms with E-state index < -0.39 is 0 Å². The normalized spacial score (nSPS) is 10.6. The van der Waals surface area contributed by atoms with E-state index in [2.05, 4.69) is 5.32 Å². The van der Waals surface area contributed by atoms with Crippen LogP contribution >= 0.6 is 0 Å². The number of carbonyl (C=O) groups is 2. The molecule has 0 atom stereocenters.